The summed E-state index contributed by atoms with van der Waals surface area (Å²) in [5.74, 6) is 0.833. The maximum Gasteiger partial charge on any atom is 0.338 e. The molecule has 1 aliphatic rings. The van der Waals surface area contributed by atoms with E-state index in [0.29, 0.717) is 44.4 Å². The number of aromatic nitrogens is 3. The summed E-state index contributed by atoms with van der Waals surface area (Å²) in [6, 6.07) is 23.9. The monoisotopic (exact) mass is 618 g/mol. The predicted molar refractivity (Wildman–Crippen MR) is 173 cm³/mol. The summed E-state index contributed by atoms with van der Waals surface area (Å²) in [5.41, 5.74) is 4.42. The molecule has 1 aliphatic heterocycles. The molecule has 0 fully saturated rings. The Morgan fingerprint density at radius 2 is 1.71 bits per heavy atom. The van der Waals surface area contributed by atoms with Crippen LogP contribution < -0.4 is 24.4 Å². The SMILES string of the molecule is C=CCOc1ccc(-c2nn(-c3ccccc3)cc2/C=c2\sc3n(c2=O)C(c2ccc(OC)cc2)C(C(=O)OC)=C(C)N=3)cc1. The Labute approximate surface area is 263 Å². The first-order chi connectivity index (χ1) is 21.9. The Bertz CT molecular complexity index is 2090. The van der Waals surface area contributed by atoms with E-state index in [1.54, 1.807) is 41.5 Å². The Morgan fingerprint density at radius 3 is 2.38 bits per heavy atom. The number of carbonyl (C=O) groups excluding carboxylic acids is 1. The van der Waals surface area contributed by atoms with Crippen LogP contribution in [0.5, 0.6) is 11.5 Å². The highest BCUT2D eigenvalue weighted by Crippen LogP contribution is 2.32. The van der Waals surface area contributed by atoms with Gasteiger partial charge in [-0.1, -0.05) is 54.3 Å². The van der Waals surface area contributed by atoms with Gasteiger partial charge in [-0.05, 0) is 67.1 Å². The quantitative estimate of drug-likeness (QED) is 0.173. The van der Waals surface area contributed by atoms with E-state index < -0.39 is 12.0 Å². The number of fused-ring (bicyclic) bond motifs is 1. The van der Waals surface area contributed by atoms with Gasteiger partial charge in [0.1, 0.15) is 23.8 Å². The topological polar surface area (TPSA) is 96.9 Å². The lowest BCUT2D eigenvalue weighted by Crippen LogP contribution is -2.39. The molecule has 45 heavy (non-hydrogen) atoms. The molecule has 3 heterocycles. The maximum atomic E-state index is 14.2. The van der Waals surface area contributed by atoms with Gasteiger partial charge in [0, 0.05) is 17.3 Å². The molecular weight excluding hydrogens is 588 g/mol. The number of hydrogen-bond donors (Lipinski definition) is 0. The number of ether oxygens (including phenoxy) is 3. The van der Waals surface area contributed by atoms with Crippen molar-refractivity contribution in [2.24, 2.45) is 4.99 Å². The third kappa shape index (κ3) is 5.75. The van der Waals surface area contributed by atoms with E-state index in [1.165, 1.54) is 18.4 Å². The number of rotatable bonds is 9. The van der Waals surface area contributed by atoms with Crippen LogP contribution in [0.4, 0.5) is 0 Å². The molecule has 6 rings (SSSR count). The standard InChI is InChI=1S/C35H30N4O5S/c1-5-19-44-28-17-11-23(12-18-28)31-25(21-38(37-31)26-9-7-6-8-10-26)20-29-33(40)39-32(24-13-15-27(42-3)16-14-24)30(34(41)43-4)22(2)36-35(39)45-29/h5-18,20-21,32H,1,19H2,2-4H3/b29-20-. The van der Waals surface area contributed by atoms with E-state index in [4.69, 9.17) is 19.3 Å². The number of para-hydroxylation sites is 1. The van der Waals surface area contributed by atoms with Crippen molar-refractivity contribution in [2.45, 2.75) is 13.0 Å². The normalized spacial score (nSPS) is 14.5. The second-order valence-electron chi connectivity index (χ2n) is 10.2. The van der Waals surface area contributed by atoms with Gasteiger partial charge in [0.25, 0.3) is 5.56 Å². The summed E-state index contributed by atoms with van der Waals surface area (Å²) in [5, 5.41) is 4.91. The zero-order valence-electron chi connectivity index (χ0n) is 25.0. The highest BCUT2D eigenvalue weighted by atomic mass is 32.1. The molecule has 2 aromatic heterocycles. The van der Waals surface area contributed by atoms with Crippen molar-refractivity contribution in [1.82, 2.24) is 14.3 Å². The van der Waals surface area contributed by atoms with E-state index in [0.717, 1.165) is 22.4 Å². The van der Waals surface area contributed by atoms with E-state index in [9.17, 15) is 9.59 Å². The smallest absolute Gasteiger partial charge is 0.338 e. The summed E-state index contributed by atoms with van der Waals surface area (Å²) >= 11 is 1.26. The minimum atomic E-state index is -0.726. The van der Waals surface area contributed by atoms with Gasteiger partial charge in [0.15, 0.2) is 4.80 Å². The molecule has 0 radical (unpaired) electrons. The molecule has 1 unspecified atom stereocenters. The number of nitrogens with zero attached hydrogens (tertiary/aromatic N) is 4. The number of methoxy groups -OCH3 is 2. The molecule has 0 saturated heterocycles. The molecule has 10 heteroatoms. The largest absolute Gasteiger partial charge is 0.497 e. The van der Waals surface area contributed by atoms with Gasteiger partial charge in [0.2, 0.25) is 0 Å². The summed E-state index contributed by atoms with van der Waals surface area (Å²) in [6.45, 7) is 5.86. The molecular formula is C35H30N4O5S. The first kappa shape index (κ1) is 29.6. The van der Waals surface area contributed by atoms with Gasteiger partial charge >= 0.3 is 5.97 Å². The fraction of sp³-hybridized carbons (Fsp3) is 0.143. The Morgan fingerprint density at radius 1 is 1.00 bits per heavy atom. The first-order valence-electron chi connectivity index (χ1n) is 14.2. The molecule has 0 aliphatic carbocycles. The third-order valence-electron chi connectivity index (χ3n) is 7.40. The van der Waals surface area contributed by atoms with E-state index in [2.05, 4.69) is 11.6 Å². The second-order valence-corrected chi connectivity index (χ2v) is 11.2. The first-order valence-corrected chi connectivity index (χ1v) is 15.0. The van der Waals surface area contributed by atoms with Crippen molar-refractivity contribution in [2.75, 3.05) is 20.8 Å². The molecule has 1 atom stereocenters. The number of thiazole rings is 1. The van der Waals surface area contributed by atoms with E-state index >= 15 is 0 Å². The molecule has 226 valence electrons. The molecule has 0 N–H and O–H groups in total. The summed E-state index contributed by atoms with van der Waals surface area (Å²) < 4.78 is 19.9. The van der Waals surface area contributed by atoms with Crippen molar-refractivity contribution in [3.63, 3.8) is 0 Å². The molecule has 0 amide bonds. The van der Waals surface area contributed by atoms with Crippen LogP contribution in [0, 0.1) is 0 Å². The Kier molecular flexibility index (Phi) is 8.30. The average molecular weight is 619 g/mol. The van der Waals surface area contributed by atoms with Crippen LogP contribution in [0.15, 0.2) is 119 Å². The van der Waals surface area contributed by atoms with Gasteiger partial charge in [0.05, 0.1) is 41.8 Å². The minimum Gasteiger partial charge on any atom is -0.497 e. The van der Waals surface area contributed by atoms with Crippen LogP contribution in [0.1, 0.15) is 24.1 Å². The lowest BCUT2D eigenvalue weighted by atomic mass is 9.96. The van der Waals surface area contributed by atoms with Gasteiger partial charge in [-0.25, -0.2) is 14.5 Å². The molecule has 5 aromatic rings. The van der Waals surface area contributed by atoms with Gasteiger partial charge < -0.3 is 14.2 Å². The van der Waals surface area contributed by atoms with E-state index in [1.807, 2.05) is 79.0 Å². The third-order valence-corrected chi connectivity index (χ3v) is 8.39. The van der Waals surface area contributed by atoms with Crippen LogP contribution >= 0.6 is 11.3 Å². The van der Waals surface area contributed by atoms with Crippen LogP contribution in [-0.2, 0) is 9.53 Å². The fourth-order valence-corrected chi connectivity index (χ4v) is 6.27. The van der Waals surface area contributed by atoms with Crippen molar-refractivity contribution >= 4 is 23.4 Å². The highest BCUT2D eigenvalue weighted by Gasteiger charge is 2.33. The second kappa shape index (κ2) is 12.6. The summed E-state index contributed by atoms with van der Waals surface area (Å²) in [4.78, 5) is 32.4. The number of allylic oxidation sites excluding steroid dienone is 1. The highest BCUT2D eigenvalue weighted by molar-refractivity contribution is 7.07. The average Bonchev–Trinajstić information content (AvgIpc) is 3.63. The molecule has 9 nitrogen and oxygen atoms in total. The van der Waals surface area contributed by atoms with Gasteiger partial charge in [-0.15, -0.1) is 0 Å². The summed E-state index contributed by atoms with van der Waals surface area (Å²) in [7, 11) is 2.91. The zero-order valence-corrected chi connectivity index (χ0v) is 25.8. The minimum absolute atomic E-state index is 0.278. The van der Waals surface area contributed by atoms with Crippen LogP contribution in [0.25, 0.3) is 23.0 Å². The summed E-state index contributed by atoms with van der Waals surface area (Å²) in [6.07, 6.45) is 5.42. The number of carbonyl (C=O) groups is 1. The molecule has 3 aromatic carbocycles. The lowest BCUT2D eigenvalue weighted by molar-refractivity contribution is -0.136. The number of hydrogen-bond acceptors (Lipinski definition) is 8. The Balaban J connectivity index is 1.52. The maximum absolute atomic E-state index is 14.2. The van der Waals surface area contributed by atoms with Crippen LogP contribution in [0.2, 0.25) is 0 Å². The van der Waals surface area contributed by atoms with Crippen molar-refractivity contribution in [3.05, 3.63) is 140 Å². The number of esters is 1. The lowest BCUT2D eigenvalue weighted by Gasteiger charge is -2.24. The predicted octanol–water partition coefficient (Wildman–Crippen LogP) is 4.83. The van der Waals surface area contributed by atoms with Crippen molar-refractivity contribution in [1.29, 1.82) is 0 Å². The molecule has 0 saturated carbocycles. The fourth-order valence-electron chi connectivity index (χ4n) is 5.23. The Hall–Kier alpha value is -5.48. The van der Waals surface area contributed by atoms with Gasteiger partial charge in [-0.3, -0.25) is 9.36 Å². The van der Waals surface area contributed by atoms with Gasteiger partial charge in [-0.2, -0.15) is 5.10 Å². The van der Waals surface area contributed by atoms with Crippen LogP contribution in [-0.4, -0.2) is 41.1 Å². The number of benzene rings is 3. The molecule has 0 spiro atoms. The molecule has 0 bridgehead atoms. The van der Waals surface area contributed by atoms with E-state index in [-0.39, 0.29) is 5.56 Å². The van der Waals surface area contributed by atoms with Crippen LogP contribution in [0.3, 0.4) is 0 Å². The van der Waals surface area contributed by atoms with Crippen molar-refractivity contribution in [3.8, 4) is 28.4 Å². The zero-order chi connectivity index (χ0) is 31.5. The van der Waals surface area contributed by atoms with Crippen molar-refractivity contribution < 1.29 is 19.0 Å².